The zero-order valence-corrected chi connectivity index (χ0v) is 28.1. The Labute approximate surface area is 293 Å². The molecule has 0 aliphatic heterocycles. The molecule has 1 aliphatic carbocycles. The van der Waals surface area contributed by atoms with Crippen LogP contribution in [0, 0.1) is 0 Å². The quantitative estimate of drug-likeness (QED) is 0.187. The molecule has 4 heterocycles. The summed E-state index contributed by atoms with van der Waals surface area (Å²) in [5.41, 5.74) is 14.8. The third kappa shape index (κ3) is 3.35. The van der Waals surface area contributed by atoms with Crippen molar-refractivity contribution in [3.63, 3.8) is 0 Å². The highest BCUT2D eigenvalue weighted by atomic mass is 15.1. The van der Waals surface area contributed by atoms with Crippen molar-refractivity contribution >= 4 is 70.9 Å². The summed E-state index contributed by atoms with van der Waals surface area (Å²) in [6, 6.07) is 53.0. The SMILES string of the molecule is CC1(C)c2ccccc2-c2ccc(-c3nc4ccccc4nc3-n3c4cccc5c6ccccc6n6c7ccccc7c7ccc3c(c54)c76)cc21. The van der Waals surface area contributed by atoms with Crippen molar-refractivity contribution in [2.24, 2.45) is 0 Å². The standard InChI is InChI=1S/C47H30N4/c1-47(2)34-16-6-3-12-28(34)29-23-22-27(26-35(29)47)44-46(49-37-18-8-7-17-36(37)48-44)51-40-21-11-15-32-30-13-4-9-19-38(30)50-39-20-10-5-14-31(39)33-24-25-41(51)43(42(32)40)45(33)50/h3-26H,1-2H3. The van der Waals surface area contributed by atoms with Crippen LogP contribution >= 0.6 is 0 Å². The van der Waals surface area contributed by atoms with Crippen molar-refractivity contribution in [1.29, 1.82) is 0 Å². The van der Waals surface area contributed by atoms with Gasteiger partial charge >= 0.3 is 0 Å². The van der Waals surface area contributed by atoms with Crippen LogP contribution in [0.3, 0.4) is 0 Å². The van der Waals surface area contributed by atoms with E-state index in [0.29, 0.717) is 0 Å². The molecule has 0 unspecified atom stereocenters. The predicted molar refractivity (Wildman–Crippen MR) is 212 cm³/mol. The average molecular weight is 651 g/mol. The van der Waals surface area contributed by atoms with Gasteiger partial charge in [-0.05, 0) is 70.1 Å². The van der Waals surface area contributed by atoms with E-state index in [1.807, 2.05) is 0 Å². The lowest BCUT2D eigenvalue weighted by molar-refractivity contribution is 0.660. The minimum atomic E-state index is -0.127. The molecule has 0 N–H and O–H groups in total. The van der Waals surface area contributed by atoms with Crippen molar-refractivity contribution < 1.29 is 0 Å². The van der Waals surface area contributed by atoms with Gasteiger partial charge in [0.15, 0.2) is 5.82 Å². The Kier molecular flexibility index (Phi) is 5.02. The van der Waals surface area contributed by atoms with Gasteiger partial charge in [-0.25, -0.2) is 9.97 Å². The average Bonchev–Trinajstić information content (AvgIpc) is 3.74. The molecule has 0 saturated heterocycles. The van der Waals surface area contributed by atoms with Crippen molar-refractivity contribution in [3.8, 4) is 28.2 Å². The smallest absolute Gasteiger partial charge is 0.165 e. The summed E-state index contributed by atoms with van der Waals surface area (Å²) in [5, 5.41) is 7.48. The molecule has 12 rings (SSSR count). The molecule has 0 bridgehead atoms. The maximum Gasteiger partial charge on any atom is 0.165 e. The summed E-state index contributed by atoms with van der Waals surface area (Å²) < 4.78 is 4.87. The fraction of sp³-hybridized carbons (Fsp3) is 0.0638. The highest BCUT2D eigenvalue weighted by Crippen LogP contribution is 2.50. The van der Waals surface area contributed by atoms with Gasteiger partial charge in [-0.3, -0.25) is 4.57 Å². The van der Waals surface area contributed by atoms with Crippen LogP contribution in [0.4, 0.5) is 0 Å². The van der Waals surface area contributed by atoms with Gasteiger partial charge < -0.3 is 4.40 Å². The highest BCUT2D eigenvalue weighted by Gasteiger charge is 2.36. The lowest BCUT2D eigenvalue weighted by atomic mass is 9.82. The Bertz CT molecular complexity index is 3290. The van der Waals surface area contributed by atoms with Crippen LogP contribution in [0.25, 0.3) is 99.1 Å². The molecule has 0 saturated carbocycles. The number of fused-ring (bicyclic) bond motifs is 10. The van der Waals surface area contributed by atoms with Gasteiger partial charge in [-0.15, -0.1) is 0 Å². The first-order valence-electron chi connectivity index (χ1n) is 17.7. The second-order valence-electron chi connectivity index (χ2n) is 14.6. The number of aromatic nitrogens is 4. The van der Waals surface area contributed by atoms with Crippen molar-refractivity contribution in [2.75, 3.05) is 0 Å². The Hall–Kier alpha value is -6.52. The number of nitrogens with zero attached hydrogens (tertiary/aromatic N) is 4. The van der Waals surface area contributed by atoms with Gasteiger partial charge in [-0.1, -0.05) is 117 Å². The van der Waals surface area contributed by atoms with E-state index in [1.54, 1.807) is 0 Å². The van der Waals surface area contributed by atoms with E-state index in [-0.39, 0.29) is 5.41 Å². The van der Waals surface area contributed by atoms with Crippen LogP contribution < -0.4 is 0 Å². The third-order valence-electron chi connectivity index (χ3n) is 11.6. The largest absolute Gasteiger partial charge is 0.308 e. The van der Waals surface area contributed by atoms with E-state index >= 15 is 0 Å². The number of hydrogen-bond donors (Lipinski definition) is 0. The van der Waals surface area contributed by atoms with Crippen LogP contribution in [0.2, 0.25) is 0 Å². The summed E-state index contributed by atoms with van der Waals surface area (Å²) in [6.07, 6.45) is 0. The first kappa shape index (κ1) is 27.3. The molecule has 0 atom stereocenters. The number of hydrogen-bond acceptors (Lipinski definition) is 2. The molecule has 0 amide bonds. The normalized spacial score (nSPS) is 13.8. The molecule has 238 valence electrons. The van der Waals surface area contributed by atoms with Crippen LogP contribution in [-0.4, -0.2) is 18.9 Å². The maximum atomic E-state index is 5.49. The Morgan fingerprint density at radius 3 is 1.92 bits per heavy atom. The second kappa shape index (κ2) is 9.38. The molecule has 51 heavy (non-hydrogen) atoms. The van der Waals surface area contributed by atoms with Crippen molar-refractivity contribution in [2.45, 2.75) is 19.3 Å². The second-order valence-corrected chi connectivity index (χ2v) is 14.6. The highest BCUT2D eigenvalue weighted by molar-refractivity contribution is 6.33. The molecule has 4 nitrogen and oxygen atoms in total. The summed E-state index contributed by atoms with van der Waals surface area (Å²) in [6.45, 7) is 4.67. The minimum Gasteiger partial charge on any atom is -0.308 e. The monoisotopic (exact) mass is 650 g/mol. The molecular formula is C47H30N4. The Morgan fingerprint density at radius 1 is 0.471 bits per heavy atom. The van der Waals surface area contributed by atoms with E-state index in [2.05, 4.69) is 168 Å². The first-order chi connectivity index (χ1) is 25.1. The van der Waals surface area contributed by atoms with E-state index in [4.69, 9.17) is 9.97 Å². The predicted octanol–water partition coefficient (Wildman–Crippen LogP) is 11.9. The Balaban J connectivity index is 1.25. The molecule has 4 heteroatoms. The molecule has 0 spiro atoms. The number of para-hydroxylation sites is 4. The van der Waals surface area contributed by atoms with Gasteiger partial charge in [0.25, 0.3) is 0 Å². The van der Waals surface area contributed by atoms with Crippen molar-refractivity contribution in [3.05, 3.63) is 157 Å². The molecule has 1 aliphatic rings. The van der Waals surface area contributed by atoms with Gasteiger partial charge in [0, 0.05) is 37.9 Å². The lowest BCUT2D eigenvalue weighted by Crippen LogP contribution is -2.15. The van der Waals surface area contributed by atoms with Crippen LogP contribution in [0.15, 0.2) is 146 Å². The van der Waals surface area contributed by atoms with E-state index < -0.39 is 0 Å². The number of rotatable bonds is 2. The molecule has 0 radical (unpaired) electrons. The third-order valence-corrected chi connectivity index (χ3v) is 11.6. The van der Waals surface area contributed by atoms with E-state index in [9.17, 15) is 0 Å². The van der Waals surface area contributed by atoms with E-state index in [1.165, 1.54) is 71.1 Å². The maximum absolute atomic E-state index is 5.49. The van der Waals surface area contributed by atoms with Gasteiger partial charge in [0.2, 0.25) is 0 Å². The fourth-order valence-corrected chi connectivity index (χ4v) is 9.39. The zero-order chi connectivity index (χ0) is 33.6. The topological polar surface area (TPSA) is 35.1 Å². The minimum absolute atomic E-state index is 0.127. The van der Waals surface area contributed by atoms with Gasteiger partial charge in [-0.2, -0.15) is 0 Å². The van der Waals surface area contributed by atoms with E-state index in [0.717, 1.165) is 39.1 Å². The number of benzene rings is 7. The zero-order valence-electron chi connectivity index (χ0n) is 28.1. The molecule has 7 aromatic carbocycles. The van der Waals surface area contributed by atoms with Crippen LogP contribution in [0.1, 0.15) is 25.0 Å². The Morgan fingerprint density at radius 2 is 1.10 bits per heavy atom. The summed E-state index contributed by atoms with van der Waals surface area (Å²) in [7, 11) is 0. The van der Waals surface area contributed by atoms with Crippen LogP contribution in [0.5, 0.6) is 0 Å². The van der Waals surface area contributed by atoms with Gasteiger partial charge in [0.1, 0.15) is 5.69 Å². The lowest BCUT2D eigenvalue weighted by Gasteiger charge is -2.22. The molecular weight excluding hydrogens is 621 g/mol. The van der Waals surface area contributed by atoms with Crippen LogP contribution in [-0.2, 0) is 5.41 Å². The fourth-order valence-electron chi connectivity index (χ4n) is 9.39. The first-order valence-corrected chi connectivity index (χ1v) is 17.7. The summed E-state index contributed by atoms with van der Waals surface area (Å²) >= 11 is 0. The van der Waals surface area contributed by atoms with Gasteiger partial charge in [0.05, 0.1) is 38.6 Å². The summed E-state index contributed by atoms with van der Waals surface area (Å²) in [4.78, 5) is 10.9. The molecule has 0 fully saturated rings. The molecule has 11 aromatic rings. The molecule has 4 aromatic heterocycles. The summed E-state index contributed by atoms with van der Waals surface area (Å²) in [5.74, 6) is 0.843. The van der Waals surface area contributed by atoms with Crippen molar-refractivity contribution in [1.82, 2.24) is 18.9 Å².